The molecule has 0 aromatic rings. The first-order valence-electron chi connectivity index (χ1n) is 9.42. The van der Waals surface area contributed by atoms with Gasteiger partial charge in [0.25, 0.3) is 0 Å². The van der Waals surface area contributed by atoms with Gasteiger partial charge in [0, 0.05) is 19.0 Å². The van der Waals surface area contributed by atoms with Gasteiger partial charge in [-0.15, -0.1) is 6.58 Å². The second-order valence-electron chi connectivity index (χ2n) is 6.18. The number of nitrogens with one attached hydrogen (secondary N) is 2. The summed E-state index contributed by atoms with van der Waals surface area (Å²) < 4.78 is 0. The molecule has 142 valence electrons. The van der Waals surface area contributed by atoms with Gasteiger partial charge in [0.15, 0.2) is 0 Å². The fourth-order valence-electron chi connectivity index (χ4n) is 2.54. The van der Waals surface area contributed by atoms with Crippen LogP contribution in [0.25, 0.3) is 0 Å². The van der Waals surface area contributed by atoms with Gasteiger partial charge in [-0.3, -0.25) is 4.79 Å². The maximum Gasteiger partial charge on any atom is 0.223 e. The Balaban J connectivity index is 0. The van der Waals surface area contributed by atoms with E-state index in [-0.39, 0.29) is 5.91 Å². The maximum absolute atomic E-state index is 11.1. The van der Waals surface area contributed by atoms with E-state index in [2.05, 4.69) is 49.8 Å². The monoisotopic (exact) mass is 339 g/mol. The first-order valence-corrected chi connectivity index (χ1v) is 9.42. The predicted molar refractivity (Wildman–Crippen MR) is 107 cm³/mol. The number of hydrogen-bond donors (Lipinski definition) is 3. The van der Waals surface area contributed by atoms with Crippen LogP contribution in [0, 0.1) is 0 Å². The minimum absolute atomic E-state index is 0.0765. The van der Waals surface area contributed by atoms with Crippen LogP contribution >= 0.6 is 0 Å². The molecule has 0 unspecified atom stereocenters. The minimum Gasteiger partial charge on any atom is -0.356 e. The topological polar surface area (TPSA) is 67.2 Å². The quantitative estimate of drug-likeness (QED) is 0.464. The molecule has 0 saturated heterocycles. The van der Waals surface area contributed by atoms with E-state index in [1.165, 1.54) is 51.1 Å². The highest BCUT2D eigenvalue weighted by Crippen LogP contribution is 2.16. The molecule has 0 bridgehead atoms. The third-order valence-electron chi connectivity index (χ3n) is 3.66. The van der Waals surface area contributed by atoms with Crippen molar-refractivity contribution in [2.45, 2.75) is 78.2 Å². The van der Waals surface area contributed by atoms with Gasteiger partial charge in [-0.2, -0.15) is 0 Å². The summed E-state index contributed by atoms with van der Waals surface area (Å²) in [6.07, 6.45) is 13.2. The molecular weight excluding hydrogens is 298 g/mol. The number of amides is 1. The van der Waals surface area contributed by atoms with E-state index in [4.69, 9.17) is 0 Å². The Bertz CT molecular complexity index is 317. The van der Waals surface area contributed by atoms with E-state index in [0.717, 1.165) is 25.6 Å². The molecule has 24 heavy (non-hydrogen) atoms. The summed E-state index contributed by atoms with van der Waals surface area (Å²) >= 11 is 0. The number of carbonyl (C=O) groups excluding carboxylic acids is 1. The fraction of sp³-hybridized carbons (Fsp3) is 0.750. The normalized spacial score (nSPS) is 13.5. The van der Waals surface area contributed by atoms with Crippen LogP contribution < -0.4 is 16.4 Å². The summed E-state index contributed by atoms with van der Waals surface area (Å²) in [5.41, 5.74) is 5.91. The molecule has 1 aliphatic rings. The van der Waals surface area contributed by atoms with Crippen molar-refractivity contribution in [3.63, 3.8) is 0 Å². The highest BCUT2D eigenvalue weighted by atomic mass is 16.1. The molecule has 0 heterocycles. The van der Waals surface area contributed by atoms with Crippen LogP contribution in [0.1, 0.15) is 72.1 Å². The van der Waals surface area contributed by atoms with E-state index in [1.54, 1.807) is 6.08 Å². The number of nitrogens with two attached hydrogens (primary N) is 1. The van der Waals surface area contributed by atoms with Gasteiger partial charge in [-0.25, -0.2) is 0 Å². The first kappa shape index (κ1) is 25.1. The van der Waals surface area contributed by atoms with E-state index in [0.29, 0.717) is 6.42 Å². The predicted octanol–water partition coefficient (Wildman–Crippen LogP) is 3.93. The van der Waals surface area contributed by atoms with Gasteiger partial charge in [0.05, 0.1) is 0 Å². The molecule has 4 N–H and O–H groups in total. The van der Waals surface area contributed by atoms with Gasteiger partial charge < -0.3 is 16.4 Å². The van der Waals surface area contributed by atoms with Crippen LogP contribution in [0.3, 0.4) is 0 Å². The lowest BCUT2D eigenvalue weighted by molar-refractivity contribution is -0.120. The number of carbonyl (C=O) groups is 1. The number of allylic oxidation sites excluding steroid dienone is 2. The number of hydrogen-bond acceptors (Lipinski definition) is 3. The summed E-state index contributed by atoms with van der Waals surface area (Å²) in [5, 5.41) is 6.43. The smallest absolute Gasteiger partial charge is 0.223 e. The lowest BCUT2D eigenvalue weighted by atomic mass is 9.95. The Kier molecular flexibility index (Phi) is 20.8. The second-order valence-corrected chi connectivity index (χ2v) is 6.18. The molecule has 4 heteroatoms. The Morgan fingerprint density at radius 3 is 2.25 bits per heavy atom. The lowest BCUT2D eigenvalue weighted by Crippen LogP contribution is -2.33. The van der Waals surface area contributed by atoms with Crippen molar-refractivity contribution in [3.05, 3.63) is 24.3 Å². The summed E-state index contributed by atoms with van der Waals surface area (Å²) in [5.74, 6) is 0.0765. The van der Waals surface area contributed by atoms with Crippen molar-refractivity contribution in [3.8, 4) is 0 Å². The lowest BCUT2D eigenvalue weighted by Gasteiger charge is -2.22. The summed E-state index contributed by atoms with van der Waals surface area (Å²) in [7, 11) is 1.50. The van der Waals surface area contributed by atoms with Gasteiger partial charge in [0.2, 0.25) is 5.91 Å². The van der Waals surface area contributed by atoms with E-state index in [9.17, 15) is 4.79 Å². The zero-order valence-corrected chi connectivity index (χ0v) is 16.5. The Hall–Kier alpha value is -1.13. The maximum atomic E-state index is 11.1. The van der Waals surface area contributed by atoms with Crippen LogP contribution in [-0.4, -0.2) is 32.1 Å². The van der Waals surface area contributed by atoms with Crippen LogP contribution in [0.15, 0.2) is 24.3 Å². The Morgan fingerprint density at radius 1 is 1.17 bits per heavy atom. The Labute approximate surface area is 150 Å². The molecule has 0 aromatic carbocycles. The van der Waals surface area contributed by atoms with Crippen LogP contribution in [-0.2, 0) is 4.79 Å². The molecule has 1 aliphatic carbocycles. The fourth-order valence-corrected chi connectivity index (χ4v) is 2.54. The third-order valence-corrected chi connectivity index (χ3v) is 3.66. The molecule has 0 radical (unpaired) electrons. The van der Waals surface area contributed by atoms with Crippen molar-refractivity contribution in [1.82, 2.24) is 10.6 Å². The van der Waals surface area contributed by atoms with Gasteiger partial charge >= 0.3 is 0 Å². The van der Waals surface area contributed by atoms with E-state index < -0.39 is 0 Å². The summed E-state index contributed by atoms with van der Waals surface area (Å²) in [6, 6.07) is 0.720. The van der Waals surface area contributed by atoms with Crippen LogP contribution in [0.4, 0.5) is 0 Å². The van der Waals surface area contributed by atoms with Crippen molar-refractivity contribution in [2.24, 2.45) is 5.73 Å². The molecule has 0 atom stereocenters. The molecule has 0 aliphatic heterocycles. The highest BCUT2D eigenvalue weighted by molar-refractivity contribution is 5.77. The molecule has 1 saturated carbocycles. The van der Waals surface area contributed by atoms with E-state index >= 15 is 0 Å². The van der Waals surface area contributed by atoms with Gasteiger partial charge in [0.1, 0.15) is 0 Å². The van der Waals surface area contributed by atoms with Crippen molar-refractivity contribution < 1.29 is 4.79 Å². The average Bonchev–Trinajstić information content (AvgIpc) is 2.58. The largest absolute Gasteiger partial charge is 0.356 e. The van der Waals surface area contributed by atoms with Gasteiger partial charge in [-0.05, 0) is 53.1 Å². The van der Waals surface area contributed by atoms with E-state index in [1.807, 2.05) is 0 Å². The SMILES string of the molecule is C=CCC(=O)NCCCNC1CCCCC1.CCC=C(C)C.CN. The third kappa shape index (κ3) is 18.9. The Morgan fingerprint density at radius 2 is 1.79 bits per heavy atom. The molecule has 0 spiro atoms. The molecule has 4 nitrogen and oxygen atoms in total. The molecule has 1 fully saturated rings. The zero-order chi connectivity index (χ0) is 18.6. The summed E-state index contributed by atoms with van der Waals surface area (Å²) in [6.45, 7) is 11.7. The van der Waals surface area contributed by atoms with Crippen LogP contribution in [0.2, 0.25) is 0 Å². The first-order chi connectivity index (χ1) is 11.6. The molecule has 1 rings (SSSR count). The van der Waals surface area contributed by atoms with Crippen LogP contribution in [0.5, 0.6) is 0 Å². The standard InChI is InChI=1S/C13H24N2O.C6H12.CH5N/c1-2-7-13(16)15-11-6-10-14-12-8-4-3-5-9-12;1-4-5-6(2)3;1-2/h2,12,14H,1,3-11H2,(H,15,16);5H,4H2,1-3H3;2H2,1H3. The number of rotatable bonds is 8. The highest BCUT2D eigenvalue weighted by Gasteiger charge is 2.11. The summed E-state index contributed by atoms with van der Waals surface area (Å²) in [4.78, 5) is 11.1. The minimum atomic E-state index is 0.0765. The molecular formula is C20H41N3O. The molecule has 0 aromatic heterocycles. The zero-order valence-electron chi connectivity index (χ0n) is 16.5. The van der Waals surface area contributed by atoms with Crippen molar-refractivity contribution in [1.29, 1.82) is 0 Å². The van der Waals surface area contributed by atoms with Crippen molar-refractivity contribution >= 4 is 5.91 Å². The molecule has 1 amide bonds. The average molecular weight is 340 g/mol. The van der Waals surface area contributed by atoms with Crippen molar-refractivity contribution in [2.75, 3.05) is 20.1 Å². The second kappa shape index (κ2) is 19.9. The van der Waals surface area contributed by atoms with Gasteiger partial charge in [-0.1, -0.05) is 43.9 Å².